The highest BCUT2D eigenvalue weighted by Gasteiger charge is 2.16. The molecule has 2 aromatic carbocycles. The van der Waals surface area contributed by atoms with Crippen LogP contribution in [0.15, 0.2) is 48.7 Å². The molecule has 0 aliphatic rings. The predicted octanol–water partition coefficient (Wildman–Crippen LogP) is 3.02. The van der Waals surface area contributed by atoms with Gasteiger partial charge in [-0.2, -0.15) is 0 Å². The van der Waals surface area contributed by atoms with E-state index < -0.39 is 17.6 Å². The van der Waals surface area contributed by atoms with Gasteiger partial charge in [-0.25, -0.2) is 13.6 Å². The maximum atomic E-state index is 13.2. The van der Waals surface area contributed by atoms with E-state index >= 15 is 0 Å². The van der Waals surface area contributed by atoms with Crippen molar-refractivity contribution >= 4 is 22.8 Å². The standard InChI is InChI=1S/C19H16F2N2O3/c1-26-19(25)16-10-23(17-5-3-2-4-15(16)17)11-18(24)22-9-12-6-13(20)8-14(21)7-12/h2-8,10H,9,11H2,1H3,(H,22,24). The molecule has 134 valence electrons. The van der Waals surface area contributed by atoms with Crippen molar-refractivity contribution in [3.8, 4) is 0 Å². The first-order valence-corrected chi connectivity index (χ1v) is 7.86. The van der Waals surface area contributed by atoms with Crippen LogP contribution in [0.1, 0.15) is 15.9 Å². The van der Waals surface area contributed by atoms with E-state index in [4.69, 9.17) is 4.74 Å². The van der Waals surface area contributed by atoms with Crippen LogP contribution in [0.5, 0.6) is 0 Å². The Bertz CT molecular complexity index is 962. The molecule has 7 heteroatoms. The summed E-state index contributed by atoms with van der Waals surface area (Å²) in [7, 11) is 1.29. The molecule has 0 fully saturated rings. The van der Waals surface area contributed by atoms with Crippen LogP contribution in [0.3, 0.4) is 0 Å². The van der Waals surface area contributed by atoms with Crippen LogP contribution in [0, 0.1) is 11.6 Å². The zero-order valence-corrected chi connectivity index (χ0v) is 14.0. The van der Waals surface area contributed by atoms with Gasteiger partial charge >= 0.3 is 5.97 Å². The Morgan fingerprint density at radius 2 is 1.81 bits per heavy atom. The molecule has 3 rings (SSSR count). The van der Waals surface area contributed by atoms with E-state index in [-0.39, 0.29) is 19.0 Å². The van der Waals surface area contributed by atoms with Gasteiger partial charge in [0.2, 0.25) is 5.91 Å². The lowest BCUT2D eigenvalue weighted by Gasteiger charge is -2.08. The fourth-order valence-corrected chi connectivity index (χ4v) is 2.77. The van der Waals surface area contributed by atoms with Crippen LogP contribution < -0.4 is 5.32 Å². The second-order valence-corrected chi connectivity index (χ2v) is 5.73. The normalized spacial score (nSPS) is 10.7. The number of halogens is 2. The first-order chi connectivity index (χ1) is 12.5. The number of ether oxygens (including phenoxy) is 1. The first-order valence-electron chi connectivity index (χ1n) is 7.86. The fraction of sp³-hybridized carbons (Fsp3) is 0.158. The van der Waals surface area contributed by atoms with E-state index in [0.29, 0.717) is 22.0 Å². The van der Waals surface area contributed by atoms with Crippen molar-refractivity contribution in [1.29, 1.82) is 0 Å². The molecule has 0 atom stereocenters. The summed E-state index contributed by atoms with van der Waals surface area (Å²) in [5, 5.41) is 3.29. The summed E-state index contributed by atoms with van der Waals surface area (Å²) in [6, 6.07) is 10.2. The first kappa shape index (κ1) is 17.6. The Kier molecular flexibility index (Phi) is 4.97. The summed E-state index contributed by atoms with van der Waals surface area (Å²) < 4.78 is 32.8. The molecule has 26 heavy (non-hydrogen) atoms. The van der Waals surface area contributed by atoms with Gasteiger partial charge in [-0.1, -0.05) is 18.2 Å². The average molecular weight is 358 g/mol. The lowest BCUT2D eigenvalue weighted by molar-refractivity contribution is -0.121. The molecule has 0 aliphatic carbocycles. The zero-order valence-electron chi connectivity index (χ0n) is 14.0. The Morgan fingerprint density at radius 1 is 1.12 bits per heavy atom. The molecule has 1 aromatic heterocycles. The van der Waals surface area contributed by atoms with Gasteiger partial charge in [0.25, 0.3) is 0 Å². The van der Waals surface area contributed by atoms with Crippen LogP contribution >= 0.6 is 0 Å². The molecule has 0 aliphatic heterocycles. The van der Waals surface area contributed by atoms with Crippen molar-refractivity contribution in [1.82, 2.24) is 9.88 Å². The number of hydrogen-bond donors (Lipinski definition) is 1. The minimum absolute atomic E-state index is 0.00340. The molecule has 0 bridgehead atoms. The number of methoxy groups -OCH3 is 1. The summed E-state index contributed by atoms with van der Waals surface area (Å²) in [6.07, 6.45) is 1.55. The molecule has 1 N–H and O–H groups in total. The van der Waals surface area contributed by atoms with Crippen LogP contribution in [0.2, 0.25) is 0 Å². The smallest absolute Gasteiger partial charge is 0.340 e. The van der Waals surface area contributed by atoms with Crippen LogP contribution in [0.25, 0.3) is 10.9 Å². The third-order valence-corrected chi connectivity index (χ3v) is 3.92. The molecular weight excluding hydrogens is 342 g/mol. The third kappa shape index (κ3) is 3.72. The lowest BCUT2D eigenvalue weighted by atomic mass is 10.2. The summed E-state index contributed by atoms with van der Waals surface area (Å²) >= 11 is 0. The van der Waals surface area contributed by atoms with Gasteiger partial charge in [0, 0.05) is 29.7 Å². The number of aromatic nitrogens is 1. The van der Waals surface area contributed by atoms with E-state index in [9.17, 15) is 18.4 Å². The molecule has 0 saturated heterocycles. The van der Waals surface area contributed by atoms with E-state index in [2.05, 4.69) is 5.32 Å². The SMILES string of the molecule is COC(=O)c1cn(CC(=O)NCc2cc(F)cc(F)c2)c2ccccc12. The van der Waals surface area contributed by atoms with Crippen molar-refractivity contribution in [2.24, 2.45) is 0 Å². The summed E-state index contributed by atoms with van der Waals surface area (Å²) in [6.45, 7) is -0.0497. The summed E-state index contributed by atoms with van der Waals surface area (Å²) in [5.41, 5.74) is 1.39. The highest BCUT2D eigenvalue weighted by Crippen LogP contribution is 2.22. The summed E-state index contributed by atoms with van der Waals surface area (Å²) in [4.78, 5) is 24.1. The van der Waals surface area contributed by atoms with Crippen molar-refractivity contribution in [3.05, 3.63) is 71.4 Å². The number of rotatable bonds is 5. The Hall–Kier alpha value is -3.22. The minimum Gasteiger partial charge on any atom is -0.465 e. The Balaban J connectivity index is 1.76. The molecule has 0 spiro atoms. The Labute approximate surface area is 148 Å². The minimum atomic E-state index is -0.701. The molecule has 3 aromatic rings. The van der Waals surface area contributed by atoms with Gasteiger partial charge in [0.1, 0.15) is 18.2 Å². The van der Waals surface area contributed by atoms with Gasteiger partial charge in [0.15, 0.2) is 0 Å². The Morgan fingerprint density at radius 3 is 2.50 bits per heavy atom. The number of nitrogens with zero attached hydrogens (tertiary/aromatic N) is 1. The van der Waals surface area contributed by atoms with Gasteiger partial charge in [-0.3, -0.25) is 4.79 Å². The van der Waals surface area contributed by atoms with Crippen LogP contribution in [0.4, 0.5) is 8.78 Å². The van der Waals surface area contributed by atoms with E-state index in [0.717, 1.165) is 18.2 Å². The van der Waals surface area contributed by atoms with Crippen LogP contribution in [-0.4, -0.2) is 23.6 Å². The van der Waals surface area contributed by atoms with E-state index in [1.165, 1.54) is 7.11 Å². The fourth-order valence-electron chi connectivity index (χ4n) is 2.77. The summed E-state index contributed by atoms with van der Waals surface area (Å²) in [5.74, 6) is -2.25. The number of fused-ring (bicyclic) bond motifs is 1. The maximum absolute atomic E-state index is 13.2. The number of benzene rings is 2. The highest BCUT2D eigenvalue weighted by molar-refractivity contribution is 6.04. The number of carbonyl (C=O) groups is 2. The molecular formula is C19H16F2N2O3. The molecule has 1 amide bonds. The van der Waals surface area contributed by atoms with Crippen molar-refractivity contribution in [3.63, 3.8) is 0 Å². The lowest BCUT2D eigenvalue weighted by Crippen LogP contribution is -2.27. The van der Waals surface area contributed by atoms with Gasteiger partial charge < -0.3 is 14.6 Å². The van der Waals surface area contributed by atoms with E-state index in [1.807, 2.05) is 0 Å². The van der Waals surface area contributed by atoms with Crippen molar-refractivity contribution in [2.45, 2.75) is 13.1 Å². The van der Waals surface area contributed by atoms with Crippen molar-refractivity contribution in [2.75, 3.05) is 7.11 Å². The predicted molar refractivity (Wildman–Crippen MR) is 91.5 cm³/mol. The molecule has 0 radical (unpaired) electrons. The van der Waals surface area contributed by atoms with Gasteiger partial charge in [-0.05, 0) is 23.8 Å². The third-order valence-electron chi connectivity index (χ3n) is 3.92. The maximum Gasteiger partial charge on any atom is 0.340 e. The molecule has 5 nitrogen and oxygen atoms in total. The zero-order chi connectivity index (χ0) is 18.7. The van der Waals surface area contributed by atoms with E-state index in [1.54, 1.807) is 35.0 Å². The van der Waals surface area contributed by atoms with Gasteiger partial charge in [0.05, 0.1) is 12.7 Å². The topological polar surface area (TPSA) is 60.3 Å². The molecule has 0 unspecified atom stereocenters. The second kappa shape index (κ2) is 7.35. The number of hydrogen-bond acceptors (Lipinski definition) is 3. The second-order valence-electron chi connectivity index (χ2n) is 5.73. The van der Waals surface area contributed by atoms with Crippen LogP contribution in [-0.2, 0) is 22.6 Å². The molecule has 1 heterocycles. The average Bonchev–Trinajstić information content (AvgIpc) is 2.97. The number of nitrogens with one attached hydrogen (secondary N) is 1. The number of esters is 1. The largest absolute Gasteiger partial charge is 0.465 e. The monoisotopic (exact) mass is 358 g/mol. The molecule has 0 saturated carbocycles. The highest BCUT2D eigenvalue weighted by atomic mass is 19.1. The quantitative estimate of drug-likeness (QED) is 0.713. The van der Waals surface area contributed by atoms with Crippen molar-refractivity contribution < 1.29 is 23.1 Å². The number of para-hydroxylation sites is 1. The number of carbonyl (C=O) groups excluding carboxylic acids is 2. The van der Waals surface area contributed by atoms with Gasteiger partial charge in [-0.15, -0.1) is 0 Å². The number of amides is 1.